The van der Waals surface area contributed by atoms with E-state index in [0.717, 1.165) is 29.4 Å². The van der Waals surface area contributed by atoms with Crippen molar-refractivity contribution in [2.45, 2.75) is 33.6 Å². The van der Waals surface area contributed by atoms with Crippen molar-refractivity contribution >= 4 is 16.6 Å². The summed E-state index contributed by atoms with van der Waals surface area (Å²) in [5, 5.41) is 1.02. The van der Waals surface area contributed by atoms with Gasteiger partial charge in [0.25, 0.3) is 0 Å². The van der Waals surface area contributed by atoms with Gasteiger partial charge in [0.05, 0.1) is 0 Å². The monoisotopic (exact) mass is 284 g/mol. The van der Waals surface area contributed by atoms with Crippen LogP contribution >= 0.6 is 0 Å². The number of nitrogens with one attached hydrogen (secondary N) is 1. The van der Waals surface area contributed by atoms with E-state index in [-0.39, 0.29) is 5.83 Å². The Morgan fingerprint density at radius 1 is 1.38 bits per heavy atom. The Bertz CT molecular complexity index is 705. The van der Waals surface area contributed by atoms with E-state index in [2.05, 4.69) is 16.9 Å². The number of hydrogen-bond donors (Lipinski definition) is 1. The van der Waals surface area contributed by atoms with Gasteiger partial charge in [0.2, 0.25) is 0 Å². The van der Waals surface area contributed by atoms with Crippen molar-refractivity contribution in [3.05, 3.63) is 59.7 Å². The van der Waals surface area contributed by atoms with Gasteiger partial charge in [-0.25, -0.2) is 9.37 Å². The molecule has 2 rings (SSSR count). The number of aryl methyl sites for hydroxylation is 1. The molecule has 0 radical (unpaired) electrons. The number of allylic oxidation sites excluding steroid dienone is 6. The molecule has 0 bridgehead atoms. The molecule has 2 aromatic heterocycles. The summed E-state index contributed by atoms with van der Waals surface area (Å²) in [6.07, 6.45) is 12.5. The number of pyridine rings is 1. The molecule has 110 valence electrons. The number of aromatic amines is 1. The van der Waals surface area contributed by atoms with E-state index in [1.165, 1.54) is 11.6 Å². The third kappa shape index (κ3) is 3.13. The minimum atomic E-state index is -0.234. The number of halogens is 1. The summed E-state index contributed by atoms with van der Waals surface area (Å²) in [5.74, 6) is -0.234. The summed E-state index contributed by atoms with van der Waals surface area (Å²) in [6, 6.07) is 2.02. The van der Waals surface area contributed by atoms with Crippen molar-refractivity contribution in [2.75, 3.05) is 0 Å². The largest absolute Gasteiger partial charge is 0.346 e. The average Bonchev–Trinajstić information content (AvgIpc) is 2.91. The fourth-order valence-corrected chi connectivity index (χ4v) is 2.51. The van der Waals surface area contributed by atoms with Crippen molar-refractivity contribution in [3.8, 4) is 0 Å². The Labute approximate surface area is 125 Å². The molecule has 0 saturated carbocycles. The lowest BCUT2D eigenvalue weighted by Crippen LogP contribution is -1.90. The van der Waals surface area contributed by atoms with Crippen LogP contribution in [-0.4, -0.2) is 9.97 Å². The molecule has 0 aliphatic rings. The first-order chi connectivity index (χ1) is 10.2. The van der Waals surface area contributed by atoms with Gasteiger partial charge >= 0.3 is 0 Å². The van der Waals surface area contributed by atoms with Crippen molar-refractivity contribution < 1.29 is 4.39 Å². The Balaban J connectivity index is 2.60. The van der Waals surface area contributed by atoms with Crippen LogP contribution in [0.4, 0.5) is 4.39 Å². The van der Waals surface area contributed by atoms with Crippen LogP contribution in [0.5, 0.6) is 0 Å². The van der Waals surface area contributed by atoms with Gasteiger partial charge in [-0.2, -0.15) is 0 Å². The second kappa shape index (κ2) is 7.02. The van der Waals surface area contributed by atoms with E-state index in [4.69, 9.17) is 0 Å². The first-order valence-corrected chi connectivity index (χ1v) is 7.33. The number of fused-ring (bicyclic) bond motifs is 1. The fraction of sp³-hybridized carbons (Fsp3) is 0.278. The topological polar surface area (TPSA) is 28.7 Å². The molecule has 2 aromatic rings. The van der Waals surface area contributed by atoms with Crippen molar-refractivity contribution in [1.82, 2.24) is 9.97 Å². The molecule has 0 aromatic carbocycles. The minimum Gasteiger partial charge on any atom is -0.346 e. The van der Waals surface area contributed by atoms with Crippen LogP contribution in [-0.2, 0) is 6.42 Å². The quantitative estimate of drug-likeness (QED) is 0.737. The van der Waals surface area contributed by atoms with Crippen LogP contribution in [0.1, 0.15) is 38.3 Å². The maximum Gasteiger partial charge on any atom is 0.138 e. The minimum absolute atomic E-state index is 0.234. The number of nitrogens with zero attached hydrogens (tertiary/aromatic N) is 1. The van der Waals surface area contributed by atoms with Gasteiger partial charge in [0, 0.05) is 28.9 Å². The Hall–Kier alpha value is -2.16. The Morgan fingerprint density at radius 2 is 2.19 bits per heavy atom. The maximum absolute atomic E-state index is 14.4. The molecule has 0 atom stereocenters. The summed E-state index contributed by atoms with van der Waals surface area (Å²) in [4.78, 5) is 7.49. The maximum atomic E-state index is 14.4. The highest BCUT2D eigenvalue weighted by Crippen LogP contribution is 2.32. The lowest BCUT2D eigenvalue weighted by Gasteiger charge is -2.07. The third-order valence-corrected chi connectivity index (χ3v) is 3.45. The highest BCUT2D eigenvalue weighted by molar-refractivity contribution is 5.96. The summed E-state index contributed by atoms with van der Waals surface area (Å²) >= 11 is 0. The predicted molar refractivity (Wildman–Crippen MR) is 87.7 cm³/mol. The SMILES string of the molecule is C\C=C/C=C(F)\C(=C/C)c1c[nH]c2nccc(CCC)c12. The normalized spacial score (nSPS) is 13.5. The molecule has 0 aliphatic carbocycles. The molecule has 2 nitrogen and oxygen atoms in total. The molecule has 0 saturated heterocycles. The summed E-state index contributed by atoms with van der Waals surface area (Å²) < 4.78 is 14.4. The van der Waals surface area contributed by atoms with Crippen LogP contribution in [0.2, 0.25) is 0 Å². The number of hydrogen-bond acceptors (Lipinski definition) is 1. The van der Waals surface area contributed by atoms with Gasteiger partial charge in [-0.3, -0.25) is 0 Å². The Kier molecular flexibility index (Phi) is 5.09. The number of aromatic nitrogens is 2. The summed E-state index contributed by atoms with van der Waals surface area (Å²) in [7, 11) is 0. The molecule has 0 spiro atoms. The van der Waals surface area contributed by atoms with E-state index < -0.39 is 0 Å². The average molecular weight is 284 g/mol. The van der Waals surface area contributed by atoms with Crippen LogP contribution in [0.3, 0.4) is 0 Å². The molecular weight excluding hydrogens is 263 g/mol. The van der Waals surface area contributed by atoms with Gasteiger partial charge in [-0.15, -0.1) is 0 Å². The van der Waals surface area contributed by atoms with E-state index in [0.29, 0.717) is 5.57 Å². The van der Waals surface area contributed by atoms with Gasteiger partial charge in [0.1, 0.15) is 11.5 Å². The van der Waals surface area contributed by atoms with Crippen LogP contribution in [0.25, 0.3) is 16.6 Å². The zero-order chi connectivity index (χ0) is 15.2. The first kappa shape index (κ1) is 15.2. The fourth-order valence-electron chi connectivity index (χ4n) is 2.51. The number of H-pyrrole nitrogens is 1. The smallest absolute Gasteiger partial charge is 0.138 e. The molecule has 0 aliphatic heterocycles. The second-order valence-corrected chi connectivity index (χ2v) is 4.89. The van der Waals surface area contributed by atoms with E-state index >= 15 is 0 Å². The molecule has 21 heavy (non-hydrogen) atoms. The van der Waals surface area contributed by atoms with Gasteiger partial charge in [-0.05, 0) is 38.0 Å². The lowest BCUT2D eigenvalue weighted by atomic mass is 9.99. The van der Waals surface area contributed by atoms with Crippen molar-refractivity contribution in [3.63, 3.8) is 0 Å². The van der Waals surface area contributed by atoms with Crippen molar-refractivity contribution in [1.29, 1.82) is 0 Å². The first-order valence-electron chi connectivity index (χ1n) is 7.33. The van der Waals surface area contributed by atoms with Crippen molar-refractivity contribution in [2.24, 2.45) is 0 Å². The summed E-state index contributed by atoms with van der Waals surface area (Å²) in [6.45, 7) is 5.86. The van der Waals surface area contributed by atoms with Gasteiger partial charge in [0.15, 0.2) is 0 Å². The van der Waals surface area contributed by atoms with Crippen LogP contribution < -0.4 is 0 Å². The second-order valence-electron chi connectivity index (χ2n) is 4.89. The molecule has 0 unspecified atom stereocenters. The zero-order valence-electron chi connectivity index (χ0n) is 12.8. The van der Waals surface area contributed by atoms with E-state index in [9.17, 15) is 4.39 Å². The molecule has 0 amide bonds. The molecule has 2 heterocycles. The van der Waals surface area contributed by atoms with E-state index in [1.54, 1.807) is 18.3 Å². The summed E-state index contributed by atoms with van der Waals surface area (Å²) in [5.41, 5.74) is 3.50. The van der Waals surface area contributed by atoms with Crippen LogP contribution in [0.15, 0.2) is 48.6 Å². The molecule has 0 fully saturated rings. The molecule has 1 N–H and O–H groups in total. The van der Waals surface area contributed by atoms with Gasteiger partial charge < -0.3 is 4.98 Å². The standard InChI is InChI=1S/C18H21FN2/c1-4-7-9-16(19)14(6-3)15-12-21-18-17(15)13(8-5-2)10-11-20-18/h4,6-7,9-12H,5,8H2,1-3H3,(H,20,21)/b7-4-,14-6-,16-9+. The lowest BCUT2D eigenvalue weighted by molar-refractivity contribution is 0.674. The highest BCUT2D eigenvalue weighted by Gasteiger charge is 2.15. The van der Waals surface area contributed by atoms with Crippen LogP contribution in [0, 0.1) is 0 Å². The number of rotatable bonds is 5. The van der Waals surface area contributed by atoms with E-state index in [1.807, 2.05) is 32.2 Å². The zero-order valence-corrected chi connectivity index (χ0v) is 12.8. The predicted octanol–water partition coefficient (Wildman–Crippen LogP) is 5.35. The molecular formula is C18H21FN2. The highest BCUT2D eigenvalue weighted by atomic mass is 19.1. The Morgan fingerprint density at radius 3 is 2.86 bits per heavy atom. The third-order valence-electron chi connectivity index (χ3n) is 3.45. The molecule has 3 heteroatoms. The van der Waals surface area contributed by atoms with Gasteiger partial charge in [-0.1, -0.05) is 31.6 Å².